The van der Waals surface area contributed by atoms with E-state index in [0.717, 1.165) is 22.3 Å². The SMILES string of the molecule is CCN(c1ccc(C(=O)CN2C(=O)NC3(CCc4ccccc43)C2=O)cc1)S(C)(=O)=O. The summed E-state index contributed by atoms with van der Waals surface area (Å²) in [5, 5.41) is 2.80. The number of rotatable bonds is 6. The minimum atomic E-state index is -3.43. The number of Topliss-reactive ketones (excluding diaryl/α,β-unsaturated/α-hetero) is 1. The van der Waals surface area contributed by atoms with Crippen molar-refractivity contribution in [2.24, 2.45) is 0 Å². The number of urea groups is 1. The van der Waals surface area contributed by atoms with E-state index in [0.29, 0.717) is 24.1 Å². The maximum atomic E-state index is 13.2. The summed E-state index contributed by atoms with van der Waals surface area (Å²) >= 11 is 0. The summed E-state index contributed by atoms with van der Waals surface area (Å²) in [5.74, 6) is -0.817. The number of benzene rings is 2. The quantitative estimate of drug-likeness (QED) is 0.546. The normalized spacial score (nSPS) is 20.1. The van der Waals surface area contributed by atoms with Gasteiger partial charge < -0.3 is 5.32 Å². The molecule has 4 rings (SSSR count). The zero-order valence-electron chi connectivity index (χ0n) is 17.3. The highest BCUT2D eigenvalue weighted by Crippen LogP contribution is 2.41. The van der Waals surface area contributed by atoms with Crippen LogP contribution in [0.4, 0.5) is 10.5 Å². The van der Waals surface area contributed by atoms with Crippen molar-refractivity contribution in [3.63, 3.8) is 0 Å². The summed E-state index contributed by atoms with van der Waals surface area (Å²) in [4.78, 5) is 39.5. The van der Waals surface area contributed by atoms with Crippen molar-refractivity contribution < 1.29 is 22.8 Å². The van der Waals surface area contributed by atoms with Crippen LogP contribution >= 0.6 is 0 Å². The Bertz CT molecular complexity index is 1180. The zero-order valence-corrected chi connectivity index (χ0v) is 18.1. The van der Waals surface area contributed by atoms with E-state index in [1.165, 1.54) is 16.4 Å². The number of fused-ring (bicyclic) bond motifs is 2. The van der Waals surface area contributed by atoms with Gasteiger partial charge in [0.1, 0.15) is 5.54 Å². The topological polar surface area (TPSA) is 104 Å². The molecule has 1 N–H and O–H groups in total. The van der Waals surface area contributed by atoms with Gasteiger partial charge in [0.15, 0.2) is 5.78 Å². The summed E-state index contributed by atoms with van der Waals surface area (Å²) in [6, 6.07) is 13.0. The number of hydrogen-bond acceptors (Lipinski definition) is 5. The highest BCUT2D eigenvalue weighted by Gasteiger charge is 2.55. The van der Waals surface area contributed by atoms with Gasteiger partial charge in [0.25, 0.3) is 5.91 Å². The Morgan fingerprint density at radius 1 is 1.13 bits per heavy atom. The van der Waals surface area contributed by atoms with Crippen LogP contribution in [0.5, 0.6) is 0 Å². The van der Waals surface area contributed by atoms with Crippen molar-refractivity contribution in [1.29, 1.82) is 0 Å². The molecular formula is C22H23N3O5S. The number of carbonyl (C=O) groups excluding carboxylic acids is 3. The van der Waals surface area contributed by atoms with Gasteiger partial charge in [0, 0.05) is 12.1 Å². The number of hydrogen-bond donors (Lipinski definition) is 1. The van der Waals surface area contributed by atoms with E-state index in [4.69, 9.17) is 0 Å². The molecule has 2 aliphatic rings. The van der Waals surface area contributed by atoms with E-state index >= 15 is 0 Å². The molecule has 1 heterocycles. The van der Waals surface area contributed by atoms with Gasteiger partial charge in [-0.25, -0.2) is 13.2 Å². The van der Waals surface area contributed by atoms with Crippen LogP contribution in [-0.2, 0) is 26.8 Å². The lowest BCUT2D eigenvalue weighted by Crippen LogP contribution is -2.42. The highest BCUT2D eigenvalue weighted by atomic mass is 32.2. The van der Waals surface area contributed by atoms with Gasteiger partial charge in [0.2, 0.25) is 10.0 Å². The average molecular weight is 442 g/mol. The monoisotopic (exact) mass is 441 g/mol. The van der Waals surface area contributed by atoms with E-state index in [1.807, 2.05) is 24.3 Å². The standard InChI is InChI=1S/C22H23N3O5S/c1-3-25(31(2,29)30)17-10-8-16(9-11-17)19(26)14-24-20(27)22(23-21(24)28)13-12-15-6-4-5-7-18(15)22/h4-11H,3,12-14H2,1-2H3,(H,23,28). The fourth-order valence-electron chi connectivity index (χ4n) is 4.39. The van der Waals surface area contributed by atoms with Gasteiger partial charge in [-0.15, -0.1) is 0 Å². The summed E-state index contributed by atoms with van der Waals surface area (Å²) in [7, 11) is -3.43. The number of imide groups is 1. The Morgan fingerprint density at radius 2 is 1.81 bits per heavy atom. The lowest BCUT2D eigenvalue weighted by atomic mass is 9.92. The lowest BCUT2D eigenvalue weighted by molar-refractivity contribution is -0.131. The van der Waals surface area contributed by atoms with Crippen LogP contribution in [0.15, 0.2) is 48.5 Å². The second-order valence-electron chi connectivity index (χ2n) is 7.78. The largest absolute Gasteiger partial charge is 0.325 e. The fourth-order valence-corrected chi connectivity index (χ4v) is 5.36. The number of anilines is 1. The molecule has 9 heteroatoms. The van der Waals surface area contributed by atoms with Crippen LogP contribution in [0.2, 0.25) is 0 Å². The molecule has 1 aliphatic carbocycles. The van der Waals surface area contributed by atoms with Crippen LogP contribution in [0.1, 0.15) is 34.8 Å². The van der Waals surface area contributed by atoms with Crippen LogP contribution in [0.25, 0.3) is 0 Å². The van der Waals surface area contributed by atoms with Gasteiger partial charge in [0.05, 0.1) is 18.5 Å². The molecule has 2 aromatic carbocycles. The molecular weight excluding hydrogens is 418 g/mol. The molecule has 0 aromatic heterocycles. The minimum Gasteiger partial charge on any atom is -0.319 e. The van der Waals surface area contributed by atoms with E-state index in [9.17, 15) is 22.8 Å². The van der Waals surface area contributed by atoms with Crippen LogP contribution in [0, 0.1) is 0 Å². The maximum Gasteiger partial charge on any atom is 0.325 e. The Morgan fingerprint density at radius 3 is 2.45 bits per heavy atom. The van der Waals surface area contributed by atoms with Crippen LogP contribution < -0.4 is 9.62 Å². The molecule has 0 bridgehead atoms. The first kappa shape index (κ1) is 21.0. The molecule has 2 aromatic rings. The molecule has 8 nitrogen and oxygen atoms in total. The molecule has 0 radical (unpaired) electrons. The van der Waals surface area contributed by atoms with Crippen LogP contribution in [0.3, 0.4) is 0 Å². The number of nitrogens with zero attached hydrogens (tertiary/aromatic N) is 2. The summed E-state index contributed by atoms with van der Waals surface area (Å²) in [6.07, 6.45) is 2.26. The summed E-state index contributed by atoms with van der Waals surface area (Å²) in [5.41, 5.74) is 1.44. The molecule has 162 valence electrons. The molecule has 1 fully saturated rings. The second-order valence-corrected chi connectivity index (χ2v) is 9.69. The van der Waals surface area contributed by atoms with Gasteiger partial charge in [-0.1, -0.05) is 24.3 Å². The predicted octanol–water partition coefficient (Wildman–Crippen LogP) is 2.05. The first-order chi connectivity index (χ1) is 14.7. The number of carbonyl (C=O) groups is 3. The van der Waals surface area contributed by atoms with E-state index in [2.05, 4.69) is 5.32 Å². The third-order valence-corrected chi connectivity index (χ3v) is 7.16. The van der Waals surface area contributed by atoms with Gasteiger partial charge in [-0.05, 0) is 55.2 Å². The van der Waals surface area contributed by atoms with E-state index in [-0.39, 0.29) is 13.1 Å². The molecule has 1 spiro atoms. The smallest absolute Gasteiger partial charge is 0.319 e. The average Bonchev–Trinajstić information content (AvgIpc) is 3.21. The molecule has 31 heavy (non-hydrogen) atoms. The molecule has 1 aliphatic heterocycles. The first-order valence-electron chi connectivity index (χ1n) is 10.0. The van der Waals surface area contributed by atoms with Crippen molar-refractivity contribution >= 4 is 33.4 Å². The third-order valence-electron chi connectivity index (χ3n) is 5.89. The van der Waals surface area contributed by atoms with Gasteiger partial charge in [-0.3, -0.25) is 18.8 Å². The molecule has 1 unspecified atom stereocenters. The summed E-state index contributed by atoms with van der Waals surface area (Å²) < 4.78 is 25.0. The second kappa shape index (κ2) is 7.49. The number of ketones is 1. The van der Waals surface area contributed by atoms with E-state index in [1.54, 1.807) is 19.1 Å². The van der Waals surface area contributed by atoms with Crippen molar-refractivity contribution in [2.45, 2.75) is 25.3 Å². The number of aryl methyl sites for hydroxylation is 1. The molecule has 0 saturated carbocycles. The Hall–Kier alpha value is -3.20. The number of nitrogens with one attached hydrogen (secondary N) is 1. The van der Waals surface area contributed by atoms with Gasteiger partial charge in [-0.2, -0.15) is 0 Å². The highest BCUT2D eigenvalue weighted by molar-refractivity contribution is 7.92. The molecule has 1 saturated heterocycles. The van der Waals surface area contributed by atoms with E-state index < -0.39 is 33.3 Å². The number of sulfonamides is 1. The predicted molar refractivity (Wildman–Crippen MR) is 115 cm³/mol. The van der Waals surface area contributed by atoms with Crippen LogP contribution in [-0.4, -0.2) is 50.4 Å². The first-order valence-corrected chi connectivity index (χ1v) is 11.9. The Labute approximate surface area is 180 Å². The Kier molecular flexibility index (Phi) is 5.09. The fraction of sp³-hybridized carbons (Fsp3) is 0.318. The van der Waals surface area contributed by atoms with Crippen molar-refractivity contribution in [2.75, 3.05) is 23.7 Å². The minimum absolute atomic E-state index is 0.262. The lowest BCUT2D eigenvalue weighted by Gasteiger charge is -2.22. The van der Waals surface area contributed by atoms with Gasteiger partial charge >= 0.3 is 6.03 Å². The third kappa shape index (κ3) is 3.48. The Balaban J connectivity index is 1.53. The van der Waals surface area contributed by atoms with Crippen molar-refractivity contribution in [3.8, 4) is 0 Å². The molecule has 3 amide bonds. The van der Waals surface area contributed by atoms with Crippen molar-refractivity contribution in [3.05, 3.63) is 65.2 Å². The zero-order chi connectivity index (χ0) is 22.4. The number of amides is 3. The maximum absolute atomic E-state index is 13.2. The molecule has 1 atom stereocenters. The summed E-state index contributed by atoms with van der Waals surface area (Å²) in [6.45, 7) is 1.60. The van der Waals surface area contributed by atoms with Crippen molar-refractivity contribution in [1.82, 2.24) is 10.2 Å².